The molecule has 0 spiro atoms. The summed E-state index contributed by atoms with van der Waals surface area (Å²) in [6.45, 7) is 0. The highest BCUT2D eigenvalue weighted by Gasteiger charge is 2.21. The summed E-state index contributed by atoms with van der Waals surface area (Å²) < 4.78 is 10.6. The molecule has 5 nitrogen and oxygen atoms in total. The molecule has 5 heteroatoms. The molecular weight excluding hydrogens is 699 g/mol. The van der Waals surface area contributed by atoms with Crippen molar-refractivity contribution in [3.05, 3.63) is 198 Å². The molecule has 3 heterocycles. The number of hydrogen-bond donors (Lipinski definition) is 0. The Hall–Kier alpha value is -7.76. The highest BCUT2D eigenvalue weighted by molar-refractivity contribution is 6.32. The molecule has 12 aromatic rings. The van der Waals surface area contributed by atoms with E-state index in [9.17, 15) is 4.79 Å². The van der Waals surface area contributed by atoms with E-state index in [2.05, 4.69) is 126 Å². The molecule has 0 aliphatic carbocycles. The number of rotatable bonds is 4. The summed E-state index contributed by atoms with van der Waals surface area (Å²) in [6, 6.07) is 64.8. The van der Waals surface area contributed by atoms with Crippen LogP contribution in [0.2, 0.25) is 0 Å². The Balaban J connectivity index is 1.09. The predicted octanol–water partition coefficient (Wildman–Crippen LogP) is 13.0. The number of aromatic nitrogens is 3. The van der Waals surface area contributed by atoms with Crippen LogP contribution in [0, 0.1) is 0 Å². The quantitative estimate of drug-likeness (QED) is 0.170. The number of furan rings is 1. The van der Waals surface area contributed by atoms with E-state index in [-0.39, 0.29) is 5.56 Å². The Morgan fingerprint density at radius 3 is 1.61 bits per heavy atom. The van der Waals surface area contributed by atoms with Crippen LogP contribution in [-0.2, 0) is 0 Å². The van der Waals surface area contributed by atoms with Crippen molar-refractivity contribution >= 4 is 76.2 Å². The van der Waals surface area contributed by atoms with E-state index in [0.29, 0.717) is 16.7 Å². The Morgan fingerprint density at radius 1 is 0.404 bits per heavy atom. The molecular formula is C52H31N3O2. The zero-order chi connectivity index (χ0) is 37.6. The number of nitrogens with zero attached hydrogens (tertiary/aromatic N) is 3. The van der Waals surface area contributed by atoms with Gasteiger partial charge in [0.05, 0.1) is 27.6 Å². The van der Waals surface area contributed by atoms with E-state index in [0.717, 1.165) is 55.5 Å². The minimum Gasteiger partial charge on any atom is -0.456 e. The molecule has 0 saturated carbocycles. The minimum atomic E-state index is -0.106. The first-order chi connectivity index (χ1) is 28.2. The molecule has 0 aliphatic heterocycles. The molecule has 0 amide bonds. The summed E-state index contributed by atoms with van der Waals surface area (Å²) in [5, 5.41) is 9.96. The average Bonchev–Trinajstić information content (AvgIpc) is 3.82. The summed E-state index contributed by atoms with van der Waals surface area (Å²) in [5.41, 5.74) is 9.44. The summed E-state index contributed by atoms with van der Waals surface area (Å²) in [7, 11) is 0. The molecule has 0 unspecified atom stereocenters. The third-order valence-electron chi connectivity index (χ3n) is 11.5. The van der Waals surface area contributed by atoms with Gasteiger partial charge >= 0.3 is 0 Å². The van der Waals surface area contributed by atoms with Crippen LogP contribution in [-0.4, -0.2) is 14.1 Å². The van der Waals surface area contributed by atoms with Crippen LogP contribution in [0.4, 0.5) is 0 Å². The normalized spacial score (nSPS) is 11.9. The van der Waals surface area contributed by atoms with Gasteiger partial charge in [0.25, 0.3) is 5.56 Å². The standard InChI is InChI=1S/C52H31N3O2/c56-52-41-21-11-12-22-45(41)53-51(55(52)36-15-5-2-6-16-36)34-25-28-48-43(31-34)42-29-33(24-27-47(42)57-48)32-23-26-46-44(30-32)49-39-19-9-7-17-37(39)38-18-8-10-20-40(38)50(49)54(46)35-13-3-1-4-14-35/h1-31H. The van der Waals surface area contributed by atoms with Crippen LogP contribution in [0.1, 0.15) is 0 Å². The van der Waals surface area contributed by atoms with E-state index >= 15 is 0 Å². The molecule has 0 aliphatic rings. The van der Waals surface area contributed by atoms with Crippen LogP contribution in [0.15, 0.2) is 197 Å². The molecule has 266 valence electrons. The van der Waals surface area contributed by atoms with E-state index in [1.807, 2.05) is 66.7 Å². The summed E-state index contributed by atoms with van der Waals surface area (Å²) in [4.78, 5) is 19.1. The van der Waals surface area contributed by atoms with Crippen molar-refractivity contribution in [1.29, 1.82) is 0 Å². The first kappa shape index (κ1) is 31.6. The Kier molecular flexibility index (Phi) is 6.71. The lowest BCUT2D eigenvalue weighted by Crippen LogP contribution is -2.21. The van der Waals surface area contributed by atoms with Crippen molar-refractivity contribution in [3.63, 3.8) is 0 Å². The zero-order valence-corrected chi connectivity index (χ0v) is 30.6. The molecule has 0 radical (unpaired) electrons. The van der Waals surface area contributed by atoms with E-state index in [4.69, 9.17) is 9.40 Å². The van der Waals surface area contributed by atoms with Crippen LogP contribution in [0.5, 0.6) is 0 Å². The highest BCUT2D eigenvalue weighted by Crippen LogP contribution is 2.44. The van der Waals surface area contributed by atoms with E-state index < -0.39 is 0 Å². The molecule has 12 rings (SSSR count). The van der Waals surface area contributed by atoms with Gasteiger partial charge in [0.1, 0.15) is 17.0 Å². The predicted molar refractivity (Wildman–Crippen MR) is 235 cm³/mol. The second-order valence-electron chi connectivity index (χ2n) is 14.7. The zero-order valence-electron chi connectivity index (χ0n) is 30.6. The van der Waals surface area contributed by atoms with Gasteiger partial charge in [-0.15, -0.1) is 0 Å². The number of para-hydroxylation sites is 3. The van der Waals surface area contributed by atoms with Crippen molar-refractivity contribution in [2.24, 2.45) is 0 Å². The molecule has 0 bridgehead atoms. The Labute approximate surface area is 325 Å². The van der Waals surface area contributed by atoms with E-state index in [1.54, 1.807) is 4.57 Å². The molecule has 0 atom stereocenters. The fourth-order valence-electron chi connectivity index (χ4n) is 8.94. The fourth-order valence-corrected chi connectivity index (χ4v) is 8.94. The maximum atomic E-state index is 14.0. The van der Waals surface area contributed by atoms with Gasteiger partial charge < -0.3 is 8.98 Å². The Bertz CT molecular complexity index is 3650. The fraction of sp³-hybridized carbons (Fsp3) is 0. The summed E-state index contributed by atoms with van der Waals surface area (Å²) in [5.74, 6) is 0.581. The third-order valence-corrected chi connectivity index (χ3v) is 11.5. The van der Waals surface area contributed by atoms with Gasteiger partial charge in [-0.05, 0) is 106 Å². The van der Waals surface area contributed by atoms with Crippen LogP contribution in [0.25, 0.3) is 110 Å². The second kappa shape index (κ2) is 12.1. The topological polar surface area (TPSA) is 53.0 Å². The molecule has 9 aromatic carbocycles. The van der Waals surface area contributed by atoms with Gasteiger partial charge in [-0.3, -0.25) is 9.36 Å². The SMILES string of the molecule is O=c1c2ccccc2nc(-c2ccc3oc4ccc(-c5ccc6c(c5)c5c7ccccc7c7ccccc7c5n6-c5ccccc5)cc4c3c2)n1-c1ccccc1. The van der Waals surface area contributed by atoms with Gasteiger partial charge in [-0.25, -0.2) is 4.98 Å². The maximum absolute atomic E-state index is 14.0. The number of fused-ring (bicyclic) bond motifs is 12. The number of benzene rings is 9. The van der Waals surface area contributed by atoms with E-state index in [1.165, 1.54) is 37.8 Å². The molecule has 0 saturated heterocycles. The average molecular weight is 730 g/mol. The van der Waals surface area contributed by atoms with Crippen LogP contribution in [0.3, 0.4) is 0 Å². The van der Waals surface area contributed by atoms with Gasteiger partial charge in [0, 0.05) is 38.2 Å². The molecule has 57 heavy (non-hydrogen) atoms. The van der Waals surface area contributed by atoms with Crippen molar-refractivity contribution in [3.8, 4) is 33.9 Å². The highest BCUT2D eigenvalue weighted by atomic mass is 16.3. The van der Waals surface area contributed by atoms with Crippen LogP contribution >= 0.6 is 0 Å². The van der Waals surface area contributed by atoms with Crippen molar-refractivity contribution < 1.29 is 4.42 Å². The van der Waals surface area contributed by atoms with Gasteiger partial charge in [-0.2, -0.15) is 0 Å². The van der Waals surface area contributed by atoms with Crippen molar-refractivity contribution in [2.75, 3.05) is 0 Å². The molecule has 0 fully saturated rings. The van der Waals surface area contributed by atoms with Crippen LogP contribution < -0.4 is 5.56 Å². The van der Waals surface area contributed by atoms with Crippen molar-refractivity contribution in [2.45, 2.75) is 0 Å². The monoisotopic (exact) mass is 729 g/mol. The second-order valence-corrected chi connectivity index (χ2v) is 14.7. The first-order valence-corrected chi connectivity index (χ1v) is 19.2. The smallest absolute Gasteiger partial charge is 0.266 e. The van der Waals surface area contributed by atoms with Gasteiger partial charge in [-0.1, -0.05) is 109 Å². The third kappa shape index (κ3) is 4.69. The summed E-state index contributed by atoms with van der Waals surface area (Å²) >= 11 is 0. The number of hydrogen-bond acceptors (Lipinski definition) is 3. The van der Waals surface area contributed by atoms with Crippen molar-refractivity contribution in [1.82, 2.24) is 14.1 Å². The summed E-state index contributed by atoms with van der Waals surface area (Å²) in [6.07, 6.45) is 0. The lowest BCUT2D eigenvalue weighted by atomic mass is 9.95. The first-order valence-electron chi connectivity index (χ1n) is 19.2. The minimum absolute atomic E-state index is 0.106. The molecule has 0 N–H and O–H groups in total. The Morgan fingerprint density at radius 2 is 0.912 bits per heavy atom. The lowest BCUT2D eigenvalue weighted by Gasteiger charge is -2.14. The van der Waals surface area contributed by atoms with Gasteiger partial charge in [0.15, 0.2) is 0 Å². The molecule has 3 aromatic heterocycles. The maximum Gasteiger partial charge on any atom is 0.266 e. The van der Waals surface area contributed by atoms with Gasteiger partial charge in [0.2, 0.25) is 0 Å². The largest absolute Gasteiger partial charge is 0.456 e. The lowest BCUT2D eigenvalue weighted by molar-refractivity contribution is 0.669.